The van der Waals surface area contributed by atoms with E-state index in [0.717, 1.165) is 61.8 Å². The lowest BCUT2D eigenvalue weighted by Gasteiger charge is -2.51. The molecule has 0 spiro atoms. The van der Waals surface area contributed by atoms with Crippen LogP contribution in [0.3, 0.4) is 0 Å². The first kappa shape index (κ1) is 23.9. The van der Waals surface area contributed by atoms with Gasteiger partial charge in [0.2, 0.25) is 5.91 Å². The Morgan fingerprint density at radius 2 is 1.63 bits per heavy atom. The second-order valence-corrected chi connectivity index (χ2v) is 10.0. The standard InChI is InChI=1S/C27H29F3N2O3/c1-35-25(34)19-4-10-20(11-5-19)26(14-15-26)31-24(33)23-18-6-12-22(13-7-18)32(23)16-17-2-8-21(9-3-17)27(28,29)30/h2-5,8-11,18,22-23H,6-7,12-16H2,1H3,(H,31,33). The molecule has 2 aliphatic carbocycles. The van der Waals surface area contributed by atoms with E-state index in [4.69, 9.17) is 4.74 Å². The number of hydrogen-bond donors (Lipinski definition) is 1. The molecule has 0 radical (unpaired) electrons. The van der Waals surface area contributed by atoms with Crippen molar-refractivity contribution in [3.05, 3.63) is 70.8 Å². The van der Waals surface area contributed by atoms with Crippen molar-refractivity contribution in [3.8, 4) is 0 Å². The van der Waals surface area contributed by atoms with Crippen LogP contribution < -0.4 is 5.32 Å². The summed E-state index contributed by atoms with van der Waals surface area (Å²) in [4.78, 5) is 27.6. The summed E-state index contributed by atoms with van der Waals surface area (Å²) in [5.74, 6) is -0.171. The number of esters is 1. The molecule has 2 saturated heterocycles. The molecule has 35 heavy (non-hydrogen) atoms. The monoisotopic (exact) mass is 486 g/mol. The highest BCUT2D eigenvalue weighted by Crippen LogP contribution is 2.47. The highest BCUT2D eigenvalue weighted by Gasteiger charge is 2.50. The molecule has 2 saturated carbocycles. The summed E-state index contributed by atoms with van der Waals surface area (Å²) in [6.45, 7) is 0.457. The molecule has 2 aliphatic heterocycles. The second kappa shape index (κ2) is 8.97. The highest BCUT2D eigenvalue weighted by atomic mass is 19.4. The fourth-order valence-electron chi connectivity index (χ4n) is 5.81. The Balaban J connectivity index is 1.32. The fraction of sp³-hybridized carbons (Fsp3) is 0.481. The Kier molecular flexibility index (Phi) is 6.11. The largest absolute Gasteiger partial charge is 0.465 e. The summed E-state index contributed by atoms with van der Waals surface area (Å²) >= 11 is 0. The van der Waals surface area contributed by atoms with Gasteiger partial charge in [0, 0.05) is 12.6 Å². The van der Waals surface area contributed by atoms with Crippen LogP contribution in [0.15, 0.2) is 48.5 Å². The van der Waals surface area contributed by atoms with Gasteiger partial charge >= 0.3 is 12.1 Å². The number of rotatable bonds is 6. The quantitative estimate of drug-likeness (QED) is 0.582. The van der Waals surface area contributed by atoms with Gasteiger partial charge in [-0.05, 0) is 79.8 Å². The molecular formula is C27H29F3N2O3. The van der Waals surface area contributed by atoms with Crippen molar-refractivity contribution in [1.82, 2.24) is 10.2 Å². The number of halogens is 3. The van der Waals surface area contributed by atoms with Gasteiger partial charge in [0.25, 0.3) is 0 Å². The molecule has 1 N–H and O–H groups in total. The van der Waals surface area contributed by atoms with E-state index in [0.29, 0.717) is 12.1 Å². The van der Waals surface area contributed by atoms with Crippen LogP contribution in [0.4, 0.5) is 13.2 Å². The number of nitrogens with one attached hydrogen (secondary N) is 1. The minimum atomic E-state index is -4.36. The van der Waals surface area contributed by atoms with E-state index in [1.807, 2.05) is 12.1 Å². The Bertz CT molecular complexity index is 1090. The van der Waals surface area contributed by atoms with Crippen LogP contribution in [0.1, 0.15) is 65.6 Å². The zero-order chi connectivity index (χ0) is 24.8. The number of alkyl halides is 3. The average molecular weight is 487 g/mol. The minimum Gasteiger partial charge on any atom is -0.465 e. The molecule has 5 nitrogen and oxygen atoms in total. The first-order valence-corrected chi connectivity index (χ1v) is 12.1. The molecule has 1 unspecified atom stereocenters. The normalized spacial score (nSPS) is 25.2. The van der Waals surface area contributed by atoms with Crippen LogP contribution in [0, 0.1) is 5.92 Å². The number of fused-ring (bicyclic) bond motifs is 3. The molecule has 2 bridgehead atoms. The van der Waals surface area contributed by atoms with Gasteiger partial charge in [0.1, 0.15) is 0 Å². The number of methoxy groups -OCH3 is 1. The highest BCUT2D eigenvalue weighted by molar-refractivity contribution is 5.89. The van der Waals surface area contributed by atoms with Crippen molar-refractivity contribution in [1.29, 1.82) is 0 Å². The summed E-state index contributed by atoms with van der Waals surface area (Å²) in [7, 11) is 1.34. The molecule has 2 aromatic carbocycles. The van der Waals surface area contributed by atoms with Crippen molar-refractivity contribution in [2.45, 2.75) is 68.9 Å². The van der Waals surface area contributed by atoms with Gasteiger partial charge in [-0.25, -0.2) is 4.79 Å². The summed E-state index contributed by atoms with van der Waals surface area (Å²) < 4.78 is 43.7. The molecule has 186 valence electrons. The molecule has 2 aromatic rings. The first-order chi connectivity index (χ1) is 16.7. The van der Waals surface area contributed by atoms with E-state index in [-0.39, 0.29) is 23.9 Å². The SMILES string of the molecule is COC(=O)c1ccc(C2(NC(=O)C3C4CCC(CC4)N3Cc3ccc(C(F)(F)F)cc3)CC2)cc1. The third kappa shape index (κ3) is 4.68. The van der Waals surface area contributed by atoms with Gasteiger partial charge in [0.05, 0.1) is 29.8 Å². The molecule has 1 amide bonds. The van der Waals surface area contributed by atoms with E-state index in [2.05, 4.69) is 10.2 Å². The molecule has 1 atom stereocenters. The lowest BCUT2D eigenvalue weighted by Crippen LogP contribution is -2.61. The lowest BCUT2D eigenvalue weighted by molar-refractivity contribution is -0.137. The zero-order valence-corrected chi connectivity index (χ0v) is 19.6. The van der Waals surface area contributed by atoms with E-state index < -0.39 is 23.2 Å². The van der Waals surface area contributed by atoms with Crippen molar-refractivity contribution >= 4 is 11.9 Å². The lowest BCUT2D eigenvalue weighted by atomic mass is 9.74. The van der Waals surface area contributed by atoms with E-state index in [1.54, 1.807) is 12.1 Å². The zero-order valence-electron chi connectivity index (χ0n) is 19.6. The van der Waals surface area contributed by atoms with Crippen molar-refractivity contribution in [3.63, 3.8) is 0 Å². The molecule has 0 aromatic heterocycles. The topological polar surface area (TPSA) is 58.6 Å². The van der Waals surface area contributed by atoms with Gasteiger partial charge in [0.15, 0.2) is 0 Å². The van der Waals surface area contributed by atoms with Crippen LogP contribution in [0.5, 0.6) is 0 Å². The third-order valence-corrected chi connectivity index (χ3v) is 7.90. The number of carbonyl (C=O) groups excluding carboxylic acids is 2. The van der Waals surface area contributed by atoms with Crippen molar-refractivity contribution < 1.29 is 27.5 Å². The van der Waals surface area contributed by atoms with Crippen LogP contribution >= 0.6 is 0 Å². The fourth-order valence-corrected chi connectivity index (χ4v) is 5.81. The van der Waals surface area contributed by atoms with Crippen LogP contribution in [-0.2, 0) is 27.8 Å². The number of piperidine rings is 2. The molecule has 8 heteroatoms. The number of carbonyl (C=O) groups is 2. The van der Waals surface area contributed by atoms with Gasteiger partial charge in [-0.1, -0.05) is 24.3 Å². The van der Waals surface area contributed by atoms with E-state index in [1.165, 1.54) is 19.2 Å². The number of benzene rings is 2. The average Bonchev–Trinajstić information content (AvgIpc) is 3.64. The molecular weight excluding hydrogens is 457 g/mol. The Morgan fingerprint density at radius 3 is 2.17 bits per heavy atom. The van der Waals surface area contributed by atoms with E-state index in [9.17, 15) is 22.8 Å². The summed E-state index contributed by atoms with van der Waals surface area (Å²) in [5, 5.41) is 3.30. The number of ether oxygens (including phenoxy) is 1. The number of amides is 1. The second-order valence-electron chi connectivity index (χ2n) is 10.0. The molecule has 4 fully saturated rings. The molecule has 6 rings (SSSR count). The Morgan fingerprint density at radius 1 is 1.00 bits per heavy atom. The van der Waals surface area contributed by atoms with Crippen molar-refractivity contribution in [2.24, 2.45) is 5.92 Å². The maximum Gasteiger partial charge on any atom is 0.416 e. The third-order valence-electron chi connectivity index (χ3n) is 7.90. The summed E-state index contributed by atoms with van der Waals surface area (Å²) in [6, 6.07) is 12.4. The van der Waals surface area contributed by atoms with Crippen LogP contribution in [0.2, 0.25) is 0 Å². The van der Waals surface area contributed by atoms with Gasteiger partial charge in [-0.3, -0.25) is 9.69 Å². The minimum absolute atomic E-state index is 0.0131. The van der Waals surface area contributed by atoms with Gasteiger partial charge in [-0.15, -0.1) is 0 Å². The first-order valence-electron chi connectivity index (χ1n) is 12.1. The predicted octanol–water partition coefficient (Wildman–Crippen LogP) is 5.04. The van der Waals surface area contributed by atoms with Crippen LogP contribution in [0.25, 0.3) is 0 Å². The van der Waals surface area contributed by atoms with Crippen molar-refractivity contribution in [2.75, 3.05) is 7.11 Å². The molecule has 2 heterocycles. The predicted molar refractivity (Wildman–Crippen MR) is 123 cm³/mol. The van der Waals surface area contributed by atoms with E-state index >= 15 is 0 Å². The number of hydrogen-bond acceptors (Lipinski definition) is 4. The van der Waals surface area contributed by atoms with Gasteiger partial charge in [-0.2, -0.15) is 13.2 Å². The maximum absolute atomic E-state index is 13.6. The summed E-state index contributed by atoms with van der Waals surface area (Å²) in [6.07, 6.45) is 1.30. The smallest absolute Gasteiger partial charge is 0.416 e. The maximum atomic E-state index is 13.6. The number of nitrogens with zero attached hydrogens (tertiary/aromatic N) is 1. The van der Waals surface area contributed by atoms with Crippen LogP contribution in [-0.4, -0.2) is 36.0 Å². The Labute approximate surface area is 202 Å². The molecule has 4 aliphatic rings. The van der Waals surface area contributed by atoms with Gasteiger partial charge < -0.3 is 10.1 Å². The Hall–Kier alpha value is -2.87. The summed E-state index contributed by atoms with van der Waals surface area (Å²) in [5.41, 5.74) is 1.12.